The summed E-state index contributed by atoms with van der Waals surface area (Å²) in [6.07, 6.45) is 9.68. The van der Waals surface area contributed by atoms with Gasteiger partial charge in [0.05, 0.1) is 0 Å². The molecule has 1 aromatic rings. The Morgan fingerprint density at radius 1 is 1.14 bits per heavy atom. The molecule has 0 amide bonds. The lowest BCUT2D eigenvalue weighted by Gasteiger charge is -2.29. The molecule has 0 bridgehead atoms. The van der Waals surface area contributed by atoms with E-state index in [9.17, 15) is 0 Å². The molecule has 0 spiro atoms. The van der Waals surface area contributed by atoms with Crippen molar-refractivity contribution in [3.8, 4) is 0 Å². The molecular formula is C20H34N2. The molecule has 1 aromatic carbocycles. The molecule has 2 nitrogen and oxygen atoms in total. The molecule has 2 rings (SSSR count). The van der Waals surface area contributed by atoms with Gasteiger partial charge in [-0.1, -0.05) is 63.3 Å². The summed E-state index contributed by atoms with van der Waals surface area (Å²) < 4.78 is 0. The molecule has 124 valence electrons. The topological polar surface area (TPSA) is 15.3 Å². The Hall–Kier alpha value is -0.860. The molecule has 1 atom stereocenters. The third-order valence-corrected chi connectivity index (χ3v) is 4.92. The number of benzene rings is 1. The first-order valence-electron chi connectivity index (χ1n) is 9.13. The van der Waals surface area contributed by atoms with Gasteiger partial charge < -0.3 is 10.2 Å². The van der Waals surface area contributed by atoms with Crippen molar-refractivity contribution < 1.29 is 0 Å². The van der Waals surface area contributed by atoms with E-state index >= 15 is 0 Å². The first-order valence-corrected chi connectivity index (χ1v) is 9.13. The van der Waals surface area contributed by atoms with E-state index in [1.807, 2.05) is 0 Å². The molecule has 1 aliphatic carbocycles. The van der Waals surface area contributed by atoms with Gasteiger partial charge in [0.1, 0.15) is 0 Å². The van der Waals surface area contributed by atoms with Crippen LogP contribution >= 0.6 is 0 Å². The molecule has 0 aliphatic heterocycles. The second-order valence-corrected chi connectivity index (χ2v) is 7.25. The van der Waals surface area contributed by atoms with Gasteiger partial charge in [0, 0.05) is 19.1 Å². The van der Waals surface area contributed by atoms with Crippen LogP contribution in [0.15, 0.2) is 24.3 Å². The summed E-state index contributed by atoms with van der Waals surface area (Å²) in [6, 6.07) is 9.63. The number of hydrogen-bond acceptors (Lipinski definition) is 2. The van der Waals surface area contributed by atoms with E-state index < -0.39 is 0 Å². The summed E-state index contributed by atoms with van der Waals surface area (Å²) in [4.78, 5) is 2.32. The first-order chi connectivity index (χ1) is 10.7. The van der Waals surface area contributed by atoms with Gasteiger partial charge in [-0.15, -0.1) is 0 Å². The van der Waals surface area contributed by atoms with Crippen LogP contribution in [0, 0.1) is 5.92 Å². The maximum absolute atomic E-state index is 3.82. The molecular weight excluding hydrogens is 268 g/mol. The lowest BCUT2D eigenvalue weighted by molar-refractivity contribution is 0.257. The van der Waals surface area contributed by atoms with E-state index in [2.05, 4.69) is 55.5 Å². The molecule has 1 N–H and O–H groups in total. The van der Waals surface area contributed by atoms with Crippen LogP contribution in [0.2, 0.25) is 0 Å². The molecule has 1 aliphatic rings. The predicted molar refractivity (Wildman–Crippen MR) is 96.2 cm³/mol. The van der Waals surface area contributed by atoms with Crippen LogP contribution in [0.5, 0.6) is 0 Å². The maximum atomic E-state index is 3.82. The van der Waals surface area contributed by atoms with Crippen molar-refractivity contribution in [2.24, 2.45) is 5.92 Å². The highest BCUT2D eigenvalue weighted by Crippen LogP contribution is 2.27. The molecule has 1 fully saturated rings. The third-order valence-electron chi connectivity index (χ3n) is 4.92. The highest BCUT2D eigenvalue weighted by molar-refractivity contribution is 5.23. The fourth-order valence-electron chi connectivity index (χ4n) is 3.71. The van der Waals surface area contributed by atoms with E-state index in [4.69, 9.17) is 0 Å². The van der Waals surface area contributed by atoms with Gasteiger partial charge in [0.25, 0.3) is 0 Å². The lowest BCUT2D eigenvalue weighted by Crippen LogP contribution is -2.39. The minimum absolute atomic E-state index is 0.614. The fraction of sp³-hybridized carbons (Fsp3) is 0.700. The summed E-state index contributed by atoms with van der Waals surface area (Å²) in [5, 5.41) is 3.82. The quantitative estimate of drug-likeness (QED) is 0.772. The molecule has 22 heavy (non-hydrogen) atoms. The second kappa shape index (κ2) is 9.32. The molecule has 0 heterocycles. The molecule has 1 saturated carbocycles. The normalized spacial score (nSPS) is 17.8. The number of nitrogens with one attached hydrogen (secondary N) is 1. The van der Waals surface area contributed by atoms with Crippen molar-refractivity contribution in [3.05, 3.63) is 35.4 Å². The highest BCUT2D eigenvalue weighted by atomic mass is 15.1. The van der Waals surface area contributed by atoms with Gasteiger partial charge in [-0.3, -0.25) is 0 Å². The van der Waals surface area contributed by atoms with Gasteiger partial charge in [0.15, 0.2) is 0 Å². The van der Waals surface area contributed by atoms with E-state index in [0.29, 0.717) is 6.04 Å². The van der Waals surface area contributed by atoms with Crippen molar-refractivity contribution in [1.29, 1.82) is 0 Å². The monoisotopic (exact) mass is 302 g/mol. The number of likely N-dealkylation sites (N-methyl/N-ethyl adjacent to an activating group) is 1. The lowest BCUT2D eigenvalue weighted by atomic mass is 9.84. The van der Waals surface area contributed by atoms with Gasteiger partial charge in [-0.25, -0.2) is 0 Å². The van der Waals surface area contributed by atoms with Crippen molar-refractivity contribution in [2.45, 2.75) is 64.5 Å². The van der Waals surface area contributed by atoms with Crippen molar-refractivity contribution in [1.82, 2.24) is 10.2 Å². The summed E-state index contributed by atoms with van der Waals surface area (Å²) in [5.41, 5.74) is 2.86. The van der Waals surface area contributed by atoms with Gasteiger partial charge >= 0.3 is 0 Å². The van der Waals surface area contributed by atoms with Gasteiger partial charge in [-0.2, -0.15) is 0 Å². The third kappa shape index (κ3) is 6.10. The minimum atomic E-state index is 0.614. The Balaban J connectivity index is 1.87. The van der Waals surface area contributed by atoms with E-state index in [1.165, 1.54) is 49.7 Å². The zero-order valence-electron chi connectivity index (χ0n) is 14.8. The summed E-state index contributed by atoms with van der Waals surface area (Å²) in [7, 11) is 4.38. The van der Waals surface area contributed by atoms with Crippen molar-refractivity contribution >= 4 is 0 Å². The first kappa shape index (κ1) is 17.5. The molecule has 0 aromatic heterocycles. The van der Waals surface area contributed by atoms with Crippen LogP contribution in [0.1, 0.15) is 56.6 Å². The van der Waals surface area contributed by atoms with Crippen LogP contribution in [0.3, 0.4) is 0 Å². The second-order valence-electron chi connectivity index (χ2n) is 7.25. The Labute approximate surface area is 137 Å². The van der Waals surface area contributed by atoms with E-state index in [1.54, 1.807) is 0 Å². The van der Waals surface area contributed by atoms with Gasteiger partial charge in [0.2, 0.25) is 0 Å². The number of nitrogens with zero attached hydrogens (tertiary/aromatic N) is 1. The summed E-state index contributed by atoms with van der Waals surface area (Å²) >= 11 is 0. The Morgan fingerprint density at radius 3 is 2.55 bits per heavy atom. The van der Waals surface area contributed by atoms with Crippen LogP contribution in [0.25, 0.3) is 0 Å². The predicted octanol–water partition coefficient (Wildman–Crippen LogP) is 4.24. The molecule has 0 saturated heterocycles. The van der Waals surface area contributed by atoms with Crippen LogP contribution in [-0.2, 0) is 13.0 Å². The number of rotatable bonds is 8. The summed E-state index contributed by atoms with van der Waals surface area (Å²) in [5.74, 6) is 0.938. The number of aryl methyl sites for hydroxylation is 1. The van der Waals surface area contributed by atoms with Gasteiger partial charge in [-0.05, 0) is 44.0 Å². The fourth-order valence-corrected chi connectivity index (χ4v) is 3.71. The molecule has 0 unspecified atom stereocenters. The highest BCUT2D eigenvalue weighted by Gasteiger charge is 2.19. The Bertz CT molecular complexity index is 421. The van der Waals surface area contributed by atoms with Crippen LogP contribution in [0.4, 0.5) is 0 Å². The van der Waals surface area contributed by atoms with Crippen LogP contribution in [-0.4, -0.2) is 31.6 Å². The molecule has 2 heteroatoms. The zero-order valence-corrected chi connectivity index (χ0v) is 14.8. The maximum Gasteiger partial charge on any atom is 0.0208 e. The molecule has 0 radical (unpaired) electrons. The van der Waals surface area contributed by atoms with E-state index in [0.717, 1.165) is 25.4 Å². The average Bonchev–Trinajstić information content (AvgIpc) is 2.53. The minimum Gasteiger partial charge on any atom is -0.309 e. The van der Waals surface area contributed by atoms with E-state index in [-0.39, 0.29) is 0 Å². The summed E-state index contributed by atoms with van der Waals surface area (Å²) in [6.45, 7) is 4.37. The Kier molecular flexibility index (Phi) is 7.41. The average molecular weight is 303 g/mol. The van der Waals surface area contributed by atoms with Crippen molar-refractivity contribution in [2.75, 3.05) is 20.6 Å². The Morgan fingerprint density at radius 2 is 1.86 bits per heavy atom. The smallest absolute Gasteiger partial charge is 0.0208 e. The van der Waals surface area contributed by atoms with Crippen LogP contribution < -0.4 is 5.32 Å². The standard InChI is InChI=1S/C20H34N2/c1-4-17-11-8-12-19(13-17)15-21-20(16-22(2)3)14-18-9-6-5-7-10-18/h8,11-13,18,20-21H,4-7,9-10,14-16H2,1-3H3/t20-/m0/s1. The number of hydrogen-bond donors (Lipinski definition) is 1. The SMILES string of the molecule is CCc1cccc(CN[C@@H](CC2CCCCC2)CN(C)C)c1. The zero-order chi connectivity index (χ0) is 15.8. The van der Waals surface area contributed by atoms with Crippen molar-refractivity contribution in [3.63, 3.8) is 0 Å². The largest absolute Gasteiger partial charge is 0.309 e.